The normalized spacial score (nSPS) is 11.1. The van der Waals surface area contributed by atoms with Crippen molar-refractivity contribution in [1.82, 2.24) is 4.98 Å². The molecule has 1 heterocycles. The number of methoxy groups -OCH3 is 1. The van der Waals surface area contributed by atoms with Crippen LogP contribution in [0.15, 0.2) is 53.6 Å². The molecule has 0 aliphatic rings. The third-order valence-electron chi connectivity index (χ3n) is 3.25. The number of aromatic nitrogens is 1. The molecule has 0 aliphatic heterocycles. The highest BCUT2D eigenvalue weighted by Gasteiger charge is 2.04. The molecule has 0 unspecified atom stereocenters. The Hall–Kier alpha value is -2.30. The van der Waals surface area contributed by atoms with Crippen molar-refractivity contribution in [2.24, 2.45) is 5.10 Å². The molecule has 0 aliphatic carbocycles. The number of rotatable bonds is 4. The molecule has 6 heteroatoms. The smallest absolute Gasteiger partial charge is 0.138 e. The monoisotopic (exact) mass is 345 g/mol. The summed E-state index contributed by atoms with van der Waals surface area (Å²) in [5, 5.41) is 6.20. The summed E-state index contributed by atoms with van der Waals surface area (Å²) in [4.78, 5) is 4.37. The largest absolute Gasteiger partial charge is 0.497 e. The van der Waals surface area contributed by atoms with E-state index < -0.39 is 0 Å². The first kappa shape index (κ1) is 15.6. The summed E-state index contributed by atoms with van der Waals surface area (Å²) in [5.41, 5.74) is 5.25. The van der Waals surface area contributed by atoms with E-state index in [9.17, 15) is 0 Å². The highest BCUT2D eigenvalue weighted by Crippen LogP contribution is 2.23. The van der Waals surface area contributed by atoms with Crippen LogP contribution in [0.2, 0.25) is 10.2 Å². The maximum absolute atomic E-state index is 6.21. The van der Waals surface area contributed by atoms with Crippen molar-refractivity contribution in [2.75, 3.05) is 12.5 Å². The zero-order chi connectivity index (χ0) is 16.2. The number of anilines is 1. The third-order valence-corrected chi connectivity index (χ3v) is 3.80. The number of nitrogens with zero attached hydrogens (tertiary/aromatic N) is 2. The molecule has 3 aromatic rings. The zero-order valence-corrected chi connectivity index (χ0v) is 13.8. The Morgan fingerprint density at radius 3 is 2.61 bits per heavy atom. The Kier molecular flexibility index (Phi) is 4.65. The Morgan fingerprint density at radius 2 is 1.87 bits per heavy atom. The summed E-state index contributed by atoms with van der Waals surface area (Å²) in [5.74, 6) is 0.742. The van der Waals surface area contributed by atoms with Gasteiger partial charge in [-0.05, 0) is 42.5 Å². The Balaban J connectivity index is 1.83. The van der Waals surface area contributed by atoms with Gasteiger partial charge in [-0.15, -0.1) is 0 Å². The SMILES string of the molecule is COc1ccc2cc(C=NNc3ccc(Cl)cc3)c(Cl)nc2c1. The summed E-state index contributed by atoms with van der Waals surface area (Å²) in [6.07, 6.45) is 1.63. The van der Waals surface area contributed by atoms with Gasteiger partial charge in [0.2, 0.25) is 0 Å². The molecule has 116 valence electrons. The summed E-state index contributed by atoms with van der Waals surface area (Å²) < 4.78 is 5.19. The lowest BCUT2D eigenvalue weighted by atomic mass is 10.1. The molecular weight excluding hydrogens is 333 g/mol. The van der Waals surface area contributed by atoms with Gasteiger partial charge in [-0.2, -0.15) is 5.10 Å². The number of fused-ring (bicyclic) bond motifs is 1. The fourth-order valence-corrected chi connectivity index (χ4v) is 2.38. The van der Waals surface area contributed by atoms with E-state index in [0.29, 0.717) is 10.2 Å². The van der Waals surface area contributed by atoms with Crippen LogP contribution in [0, 0.1) is 0 Å². The maximum atomic E-state index is 6.21. The van der Waals surface area contributed by atoms with Gasteiger partial charge in [0.05, 0.1) is 24.5 Å². The Labute approximate surface area is 143 Å². The number of nitrogens with one attached hydrogen (secondary N) is 1. The van der Waals surface area contributed by atoms with Gasteiger partial charge in [-0.1, -0.05) is 23.2 Å². The predicted molar refractivity (Wildman–Crippen MR) is 96.0 cm³/mol. The van der Waals surface area contributed by atoms with Gasteiger partial charge in [0.15, 0.2) is 0 Å². The number of pyridine rings is 1. The minimum absolute atomic E-state index is 0.382. The Morgan fingerprint density at radius 1 is 1.09 bits per heavy atom. The lowest BCUT2D eigenvalue weighted by Crippen LogP contribution is -1.93. The number of hydrogen-bond donors (Lipinski definition) is 1. The quantitative estimate of drug-likeness (QED) is 0.411. The predicted octanol–water partition coefficient (Wildman–Crippen LogP) is 5.00. The van der Waals surface area contributed by atoms with E-state index in [-0.39, 0.29) is 0 Å². The van der Waals surface area contributed by atoms with E-state index in [4.69, 9.17) is 27.9 Å². The average Bonchev–Trinajstić information content (AvgIpc) is 2.56. The molecule has 0 atom stereocenters. The first-order chi connectivity index (χ1) is 11.2. The van der Waals surface area contributed by atoms with Crippen molar-refractivity contribution in [2.45, 2.75) is 0 Å². The fourth-order valence-electron chi connectivity index (χ4n) is 2.06. The third kappa shape index (κ3) is 3.73. The topological polar surface area (TPSA) is 46.5 Å². The molecule has 4 nitrogen and oxygen atoms in total. The molecular formula is C17H13Cl2N3O. The highest BCUT2D eigenvalue weighted by atomic mass is 35.5. The van der Waals surface area contributed by atoms with Crippen LogP contribution in [-0.2, 0) is 0 Å². The molecule has 0 spiro atoms. The Bertz CT molecular complexity index is 864. The molecule has 0 saturated carbocycles. The minimum atomic E-state index is 0.382. The van der Waals surface area contributed by atoms with Crippen LogP contribution < -0.4 is 10.2 Å². The highest BCUT2D eigenvalue weighted by molar-refractivity contribution is 6.32. The zero-order valence-electron chi connectivity index (χ0n) is 12.3. The number of halogens is 2. The van der Waals surface area contributed by atoms with Crippen molar-refractivity contribution in [3.8, 4) is 5.75 Å². The standard InChI is InChI=1S/C17H13Cl2N3O/c1-23-15-7-2-11-8-12(17(19)21-16(11)9-15)10-20-22-14-5-3-13(18)4-6-14/h2-10,22H,1H3. The van der Waals surface area contributed by atoms with Gasteiger partial charge in [0.1, 0.15) is 10.9 Å². The van der Waals surface area contributed by atoms with Crippen LogP contribution in [0.4, 0.5) is 5.69 Å². The molecule has 1 N–H and O–H groups in total. The molecule has 2 aromatic carbocycles. The van der Waals surface area contributed by atoms with Crippen LogP contribution >= 0.6 is 23.2 Å². The maximum Gasteiger partial charge on any atom is 0.138 e. The van der Waals surface area contributed by atoms with Crippen LogP contribution in [0.1, 0.15) is 5.56 Å². The van der Waals surface area contributed by atoms with Crippen molar-refractivity contribution in [3.63, 3.8) is 0 Å². The molecule has 3 rings (SSSR count). The summed E-state index contributed by atoms with van der Waals surface area (Å²) in [6.45, 7) is 0. The first-order valence-electron chi connectivity index (χ1n) is 6.84. The molecule has 0 amide bonds. The van der Waals surface area contributed by atoms with Gasteiger partial charge < -0.3 is 4.74 Å². The van der Waals surface area contributed by atoms with Gasteiger partial charge >= 0.3 is 0 Å². The molecule has 0 radical (unpaired) electrons. The lowest BCUT2D eigenvalue weighted by molar-refractivity contribution is 0.415. The summed E-state index contributed by atoms with van der Waals surface area (Å²) >= 11 is 12.1. The second-order valence-electron chi connectivity index (χ2n) is 4.80. The van der Waals surface area contributed by atoms with Crippen molar-refractivity contribution >= 4 is 46.0 Å². The van der Waals surface area contributed by atoms with Crippen molar-refractivity contribution < 1.29 is 4.74 Å². The van der Waals surface area contributed by atoms with E-state index in [1.807, 2.05) is 36.4 Å². The second-order valence-corrected chi connectivity index (χ2v) is 5.60. The molecule has 23 heavy (non-hydrogen) atoms. The van der Waals surface area contributed by atoms with Crippen molar-refractivity contribution in [1.29, 1.82) is 0 Å². The molecule has 0 bridgehead atoms. The van der Waals surface area contributed by atoms with Crippen LogP contribution in [-0.4, -0.2) is 18.3 Å². The second kappa shape index (κ2) is 6.86. The van der Waals surface area contributed by atoms with Crippen LogP contribution in [0.25, 0.3) is 10.9 Å². The van der Waals surface area contributed by atoms with Gasteiger partial charge in [0.25, 0.3) is 0 Å². The first-order valence-corrected chi connectivity index (χ1v) is 7.60. The van der Waals surface area contributed by atoms with E-state index in [2.05, 4.69) is 15.5 Å². The van der Waals surface area contributed by atoms with E-state index >= 15 is 0 Å². The van der Waals surface area contributed by atoms with Gasteiger partial charge in [-0.25, -0.2) is 4.98 Å². The van der Waals surface area contributed by atoms with Crippen LogP contribution in [0.3, 0.4) is 0 Å². The number of benzene rings is 2. The molecule has 0 fully saturated rings. The lowest BCUT2D eigenvalue weighted by Gasteiger charge is -2.05. The minimum Gasteiger partial charge on any atom is -0.497 e. The number of hydrazone groups is 1. The number of hydrogen-bond acceptors (Lipinski definition) is 4. The van der Waals surface area contributed by atoms with Gasteiger partial charge in [-0.3, -0.25) is 5.43 Å². The fraction of sp³-hybridized carbons (Fsp3) is 0.0588. The van der Waals surface area contributed by atoms with E-state index in [1.54, 1.807) is 25.5 Å². The number of ether oxygens (including phenoxy) is 1. The summed E-state index contributed by atoms with van der Waals surface area (Å²) in [6, 6.07) is 14.8. The molecule has 1 aromatic heterocycles. The van der Waals surface area contributed by atoms with Crippen LogP contribution in [0.5, 0.6) is 5.75 Å². The average molecular weight is 346 g/mol. The van der Waals surface area contributed by atoms with Crippen molar-refractivity contribution in [3.05, 3.63) is 64.3 Å². The van der Waals surface area contributed by atoms with Gasteiger partial charge in [0, 0.05) is 22.0 Å². The van der Waals surface area contributed by atoms with E-state index in [0.717, 1.165) is 27.9 Å². The summed E-state index contributed by atoms with van der Waals surface area (Å²) in [7, 11) is 1.62. The van der Waals surface area contributed by atoms with E-state index in [1.165, 1.54) is 0 Å². The molecule has 0 saturated heterocycles.